The fourth-order valence-electron chi connectivity index (χ4n) is 2.61. The summed E-state index contributed by atoms with van der Waals surface area (Å²) in [6, 6.07) is 0.501. The van der Waals surface area contributed by atoms with Gasteiger partial charge in [-0.25, -0.2) is 9.78 Å². The van der Waals surface area contributed by atoms with E-state index in [1.54, 1.807) is 0 Å². The van der Waals surface area contributed by atoms with Crippen molar-refractivity contribution in [1.82, 2.24) is 10.3 Å². The number of nitrogens with zero attached hydrogens (tertiary/aromatic N) is 1. The molecule has 0 aromatic carbocycles. The third-order valence-corrected chi connectivity index (χ3v) is 4.27. The first kappa shape index (κ1) is 23.7. The summed E-state index contributed by atoms with van der Waals surface area (Å²) in [7, 11) is 1.37. The topological polar surface area (TPSA) is 107 Å². The van der Waals surface area contributed by atoms with Crippen molar-refractivity contribution in [3.05, 3.63) is 18.0 Å². The van der Waals surface area contributed by atoms with Crippen LogP contribution in [0.25, 0.3) is 0 Å². The number of amides is 1. The number of pyridine rings is 1. The second-order valence-electron chi connectivity index (χ2n) is 6.98. The number of nitrogens with one attached hydrogen (secondary N) is 1. The zero-order chi connectivity index (χ0) is 21.3. The Labute approximate surface area is 166 Å². The molecule has 0 aliphatic carbocycles. The normalized spacial score (nSPS) is 14.2. The van der Waals surface area contributed by atoms with E-state index in [-0.39, 0.29) is 29.2 Å². The predicted molar refractivity (Wildman–Crippen MR) is 104 cm³/mol. The molecule has 0 saturated carbocycles. The zero-order valence-corrected chi connectivity index (χ0v) is 17.5. The van der Waals surface area contributed by atoms with Gasteiger partial charge in [0.15, 0.2) is 17.2 Å². The standard InChI is InChI=1S/C20H32N2O6/c1-7-8-11-27-14(5)18(12(2)3)28-20(25)13(4)22-19(24)16-17(23)15(26-6)9-10-21-16/h9-10,12-14,18,23H,7-8,11H2,1-6H3,(H,22,24)/t13-,14-,18+/m0/s1. The van der Waals surface area contributed by atoms with Crippen molar-refractivity contribution in [3.8, 4) is 11.5 Å². The molecule has 0 aliphatic heterocycles. The number of esters is 1. The van der Waals surface area contributed by atoms with Gasteiger partial charge in [0, 0.05) is 18.9 Å². The van der Waals surface area contributed by atoms with Crippen LogP contribution >= 0.6 is 0 Å². The summed E-state index contributed by atoms with van der Waals surface area (Å²) < 4.78 is 16.3. The maximum absolute atomic E-state index is 12.5. The molecule has 1 rings (SSSR count). The van der Waals surface area contributed by atoms with Crippen molar-refractivity contribution < 1.29 is 28.9 Å². The summed E-state index contributed by atoms with van der Waals surface area (Å²) in [5, 5.41) is 12.5. The van der Waals surface area contributed by atoms with Gasteiger partial charge in [-0.15, -0.1) is 0 Å². The lowest BCUT2D eigenvalue weighted by Gasteiger charge is -2.28. The van der Waals surface area contributed by atoms with E-state index in [0.717, 1.165) is 12.8 Å². The van der Waals surface area contributed by atoms with Crippen molar-refractivity contribution in [1.29, 1.82) is 0 Å². The van der Waals surface area contributed by atoms with Gasteiger partial charge >= 0.3 is 5.97 Å². The Balaban J connectivity index is 2.73. The third-order valence-electron chi connectivity index (χ3n) is 4.27. The monoisotopic (exact) mass is 396 g/mol. The Morgan fingerprint density at radius 2 is 1.93 bits per heavy atom. The van der Waals surface area contributed by atoms with E-state index >= 15 is 0 Å². The van der Waals surface area contributed by atoms with Gasteiger partial charge in [0.25, 0.3) is 5.91 Å². The number of carbonyl (C=O) groups excluding carboxylic acids is 2. The van der Waals surface area contributed by atoms with Crippen LogP contribution in [0.2, 0.25) is 0 Å². The lowest BCUT2D eigenvalue weighted by atomic mass is 10.0. The van der Waals surface area contributed by atoms with Crippen LogP contribution in [0.5, 0.6) is 11.5 Å². The third kappa shape index (κ3) is 6.67. The quantitative estimate of drug-likeness (QED) is 0.437. The van der Waals surface area contributed by atoms with Gasteiger partial charge in [0.2, 0.25) is 0 Å². The molecule has 1 heterocycles. The minimum atomic E-state index is -0.927. The van der Waals surface area contributed by atoms with E-state index in [1.165, 1.54) is 26.3 Å². The Morgan fingerprint density at radius 1 is 1.25 bits per heavy atom. The van der Waals surface area contributed by atoms with Crippen LogP contribution in [0.4, 0.5) is 0 Å². The number of methoxy groups -OCH3 is 1. The molecule has 0 radical (unpaired) electrons. The van der Waals surface area contributed by atoms with Gasteiger partial charge in [-0.3, -0.25) is 4.79 Å². The minimum absolute atomic E-state index is 0.0487. The lowest BCUT2D eigenvalue weighted by Crippen LogP contribution is -2.44. The van der Waals surface area contributed by atoms with Gasteiger partial charge in [-0.2, -0.15) is 0 Å². The van der Waals surface area contributed by atoms with Crippen LogP contribution in [0.15, 0.2) is 12.3 Å². The molecule has 0 spiro atoms. The molecule has 0 aliphatic rings. The molecule has 0 saturated heterocycles. The fraction of sp³-hybridized carbons (Fsp3) is 0.650. The second-order valence-corrected chi connectivity index (χ2v) is 6.98. The molecule has 158 valence electrons. The molecule has 1 aromatic rings. The molecule has 8 heteroatoms. The maximum Gasteiger partial charge on any atom is 0.328 e. The van der Waals surface area contributed by atoms with E-state index in [0.29, 0.717) is 6.61 Å². The van der Waals surface area contributed by atoms with Gasteiger partial charge in [0.1, 0.15) is 12.1 Å². The maximum atomic E-state index is 12.5. The van der Waals surface area contributed by atoms with Crippen LogP contribution in [-0.2, 0) is 14.3 Å². The van der Waals surface area contributed by atoms with Crippen molar-refractivity contribution in [2.24, 2.45) is 5.92 Å². The first-order valence-electron chi connectivity index (χ1n) is 9.57. The summed E-state index contributed by atoms with van der Waals surface area (Å²) in [6.45, 7) is 9.95. The first-order valence-corrected chi connectivity index (χ1v) is 9.57. The number of hydrogen-bond donors (Lipinski definition) is 2. The number of rotatable bonds is 11. The Hall–Kier alpha value is -2.35. The SMILES string of the molecule is CCCCO[C@@H](C)[C@H](OC(=O)[C@H](C)NC(=O)c1nccc(OC)c1O)C(C)C. The highest BCUT2D eigenvalue weighted by Gasteiger charge is 2.29. The minimum Gasteiger partial charge on any atom is -0.503 e. The number of hydrogen-bond acceptors (Lipinski definition) is 7. The summed E-state index contributed by atoms with van der Waals surface area (Å²) in [5.41, 5.74) is -0.226. The average Bonchev–Trinajstić information content (AvgIpc) is 2.65. The second kappa shape index (κ2) is 11.5. The van der Waals surface area contributed by atoms with Gasteiger partial charge in [0.05, 0.1) is 13.2 Å². The number of aromatic nitrogens is 1. The molecule has 2 N–H and O–H groups in total. The largest absolute Gasteiger partial charge is 0.503 e. The number of aromatic hydroxyl groups is 1. The van der Waals surface area contributed by atoms with E-state index in [2.05, 4.69) is 17.2 Å². The van der Waals surface area contributed by atoms with Crippen LogP contribution in [0.1, 0.15) is 57.9 Å². The summed E-state index contributed by atoms with van der Waals surface area (Å²) >= 11 is 0. The van der Waals surface area contributed by atoms with Gasteiger partial charge < -0.3 is 24.6 Å². The Bertz CT molecular complexity index is 650. The van der Waals surface area contributed by atoms with Crippen LogP contribution in [0, 0.1) is 5.92 Å². The van der Waals surface area contributed by atoms with Gasteiger partial charge in [-0.1, -0.05) is 27.2 Å². The molecule has 3 atom stereocenters. The Kier molecular flexibility index (Phi) is 9.72. The van der Waals surface area contributed by atoms with Crippen LogP contribution in [0.3, 0.4) is 0 Å². The van der Waals surface area contributed by atoms with E-state index in [9.17, 15) is 14.7 Å². The zero-order valence-electron chi connectivity index (χ0n) is 17.5. The highest BCUT2D eigenvalue weighted by atomic mass is 16.6. The van der Waals surface area contributed by atoms with Gasteiger partial charge in [-0.05, 0) is 26.2 Å². The summed E-state index contributed by atoms with van der Waals surface area (Å²) in [5.74, 6) is -1.50. The van der Waals surface area contributed by atoms with Crippen LogP contribution < -0.4 is 10.1 Å². The predicted octanol–water partition coefficient (Wildman–Crippen LogP) is 2.69. The molecule has 0 unspecified atom stereocenters. The molecule has 0 fully saturated rings. The highest BCUT2D eigenvalue weighted by Crippen LogP contribution is 2.27. The van der Waals surface area contributed by atoms with E-state index < -0.39 is 24.0 Å². The fourth-order valence-corrected chi connectivity index (χ4v) is 2.61. The first-order chi connectivity index (χ1) is 13.2. The molecule has 8 nitrogen and oxygen atoms in total. The molecule has 1 amide bonds. The van der Waals surface area contributed by atoms with Crippen molar-refractivity contribution in [2.75, 3.05) is 13.7 Å². The Morgan fingerprint density at radius 3 is 2.50 bits per heavy atom. The molecule has 1 aromatic heterocycles. The van der Waals surface area contributed by atoms with Crippen LogP contribution in [-0.4, -0.2) is 53.9 Å². The average molecular weight is 396 g/mol. The van der Waals surface area contributed by atoms with E-state index in [1.807, 2.05) is 20.8 Å². The number of ether oxygens (including phenoxy) is 3. The summed E-state index contributed by atoms with van der Waals surface area (Å²) in [4.78, 5) is 28.7. The number of carbonyl (C=O) groups is 2. The molecular formula is C20H32N2O6. The van der Waals surface area contributed by atoms with Crippen molar-refractivity contribution in [2.45, 2.75) is 65.7 Å². The van der Waals surface area contributed by atoms with E-state index in [4.69, 9.17) is 14.2 Å². The highest BCUT2D eigenvalue weighted by molar-refractivity contribution is 5.97. The molecule has 28 heavy (non-hydrogen) atoms. The number of unbranched alkanes of at least 4 members (excludes halogenated alkanes) is 1. The van der Waals surface area contributed by atoms with Crippen molar-refractivity contribution >= 4 is 11.9 Å². The molecular weight excluding hydrogens is 364 g/mol. The smallest absolute Gasteiger partial charge is 0.328 e. The van der Waals surface area contributed by atoms with Crippen molar-refractivity contribution in [3.63, 3.8) is 0 Å². The summed E-state index contributed by atoms with van der Waals surface area (Å²) in [6.07, 6.45) is 2.59. The lowest BCUT2D eigenvalue weighted by molar-refractivity contribution is -0.162. The molecule has 0 bridgehead atoms.